The molecule has 3 rings (SSSR count). The van der Waals surface area contributed by atoms with Gasteiger partial charge in [-0.05, 0) is 38.0 Å². The number of ether oxygens (including phenoxy) is 1. The Hall–Kier alpha value is -2.28. The first-order valence-electron chi connectivity index (χ1n) is 8.75. The van der Waals surface area contributed by atoms with E-state index in [1.54, 1.807) is 31.2 Å². The average molecular weight is 380 g/mol. The van der Waals surface area contributed by atoms with Crippen LogP contribution in [0, 0.1) is 0 Å². The van der Waals surface area contributed by atoms with Gasteiger partial charge in [0.1, 0.15) is 23.9 Å². The van der Waals surface area contributed by atoms with Crippen molar-refractivity contribution in [3.05, 3.63) is 29.3 Å². The minimum atomic E-state index is -0.867. The molecule has 1 aromatic carbocycles. The number of benzene rings is 1. The molecule has 4 amide bonds. The van der Waals surface area contributed by atoms with Crippen molar-refractivity contribution in [2.45, 2.75) is 44.2 Å². The Kier molecular flexibility index (Phi) is 5.36. The van der Waals surface area contributed by atoms with Crippen molar-refractivity contribution in [1.82, 2.24) is 15.5 Å². The van der Waals surface area contributed by atoms with E-state index in [-0.39, 0.29) is 19.1 Å². The molecule has 26 heavy (non-hydrogen) atoms. The number of rotatable bonds is 6. The molecule has 2 N–H and O–H groups in total. The first-order chi connectivity index (χ1) is 12.4. The van der Waals surface area contributed by atoms with Gasteiger partial charge in [0.05, 0.1) is 6.54 Å². The van der Waals surface area contributed by atoms with E-state index in [0.717, 1.165) is 17.7 Å². The molecule has 0 aromatic heterocycles. The predicted octanol–water partition coefficient (Wildman–Crippen LogP) is 2.09. The van der Waals surface area contributed by atoms with Gasteiger partial charge in [-0.1, -0.05) is 30.5 Å². The summed E-state index contributed by atoms with van der Waals surface area (Å²) in [6.45, 7) is 2.06. The van der Waals surface area contributed by atoms with Crippen molar-refractivity contribution in [3.63, 3.8) is 0 Å². The molecule has 2 aliphatic rings. The summed E-state index contributed by atoms with van der Waals surface area (Å²) in [4.78, 5) is 38.2. The van der Waals surface area contributed by atoms with Gasteiger partial charge in [-0.15, -0.1) is 0 Å². The van der Waals surface area contributed by atoms with Crippen molar-refractivity contribution >= 4 is 29.4 Å². The fraction of sp³-hybridized carbons (Fsp3) is 0.500. The second-order valence-electron chi connectivity index (χ2n) is 6.67. The molecule has 7 nitrogen and oxygen atoms in total. The lowest BCUT2D eigenvalue weighted by atomic mass is 9.97. The van der Waals surface area contributed by atoms with E-state index in [2.05, 4.69) is 10.6 Å². The number of nitrogens with zero attached hydrogens (tertiary/aromatic N) is 1. The summed E-state index contributed by atoms with van der Waals surface area (Å²) in [6, 6.07) is 5.61. The number of imide groups is 1. The van der Waals surface area contributed by atoms with Crippen molar-refractivity contribution in [2.75, 3.05) is 13.2 Å². The maximum Gasteiger partial charge on any atom is 0.325 e. The van der Waals surface area contributed by atoms with Crippen LogP contribution in [0.5, 0.6) is 5.75 Å². The molecular formula is C18H22ClN3O4. The monoisotopic (exact) mass is 379 g/mol. The largest absolute Gasteiger partial charge is 0.492 e. The molecule has 1 aromatic rings. The van der Waals surface area contributed by atoms with Gasteiger partial charge in [0.15, 0.2) is 0 Å². The van der Waals surface area contributed by atoms with E-state index < -0.39 is 23.5 Å². The molecule has 1 saturated heterocycles. The Bertz CT molecular complexity index is 718. The van der Waals surface area contributed by atoms with Gasteiger partial charge in [0, 0.05) is 5.02 Å². The normalized spacial score (nSPS) is 19.5. The van der Waals surface area contributed by atoms with Crippen LogP contribution in [-0.2, 0) is 9.59 Å². The molecule has 1 unspecified atom stereocenters. The van der Waals surface area contributed by atoms with Gasteiger partial charge in [-0.2, -0.15) is 0 Å². The highest BCUT2D eigenvalue weighted by Crippen LogP contribution is 2.35. The number of carbonyl (C=O) groups excluding carboxylic acids is 3. The van der Waals surface area contributed by atoms with Crippen molar-refractivity contribution < 1.29 is 19.1 Å². The lowest BCUT2D eigenvalue weighted by Crippen LogP contribution is -2.50. The molecule has 2 fully saturated rings. The maximum absolute atomic E-state index is 12.7. The standard InChI is InChI=1S/C18H22ClN3O4/c1-12(22-16(24)18(21-17(22)25)7-2-3-8-18)15(23)20-9-10-26-14-6-4-5-13(19)11-14/h4-6,11-12H,2-3,7-10H2,1H3,(H,20,23)(H,21,25). The second-order valence-corrected chi connectivity index (χ2v) is 7.10. The summed E-state index contributed by atoms with van der Waals surface area (Å²) < 4.78 is 5.50. The van der Waals surface area contributed by atoms with Crippen LogP contribution >= 0.6 is 11.6 Å². The summed E-state index contributed by atoms with van der Waals surface area (Å²) in [5.74, 6) is -0.0758. The lowest BCUT2D eigenvalue weighted by Gasteiger charge is -2.23. The Morgan fingerprint density at radius 3 is 2.81 bits per heavy atom. The van der Waals surface area contributed by atoms with E-state index in [9.17, 15) is 14.4 Å². The Balaban J connectivity index is 1.50. The van der Waals surface area contributed by atoms with Gasteiger partial charge in [0.2, 0.25) is 5.91 Å². The molecule has 1 aliphatic carbocycles. The second kappa shape index (κ2) is 7.53. The summed E-state index contributed by atoms with van der Waals surface area (Å²) in [7, 11) is 0. The smallest absolute Gasteiger partial charge is 0.325 e. The molecule has 1 saturated carbocycles. The topological polar surface area (TPSA) is 87.7 Å². The van der Waals surface area contributed by atoms with Gasteiger partial charge in [-0.25, -0.2) is 9.69 Å². The van der Waals surface area contributed by atoms with E-state index in [4.69, 9.17) is 16.3 Å². The van der Waals surface area contributed by atoms with Crippen LogP contribution in [-0.4, -0.2) is 47.5 Å². The summed E-state index contributed by atoms with van der Waals surface area (Å²) in [6.07, 6.45) is 3.08. The third-order valence-corrected chi connectivity index (χ3v) is 5.12. The quantitative estimate of drug-likeness (QED) is 0.585. The van der Waals surface area contributed by atoms with Crippen molar-refractivity contribution in [1.29, 1.82) is 0 Å². The van der Waals surface area contributed by atoms with E-state index in [1.807, 2.05) is 0 Å². The number of nitrogens with one attached hydrogen (secondary N) is 2. The molecule has 1 aliphatic heterocycles. The molecule has 1 heterocycles. The lowest BCUT2D eigenvalue weighted by molar-refractivity contribution is -0.137. The Morgan fingerprint density at radius 1 is 1.38 bits per heavy atom. The van der Waals surface area contributed by atoms with E-state index in [1.165, 1.54) is 0 Å². The van der Waals surface area contributed by atoms with Crippen LogP contribution in [0.2, 0.25) is 5.02 Å². The Labute approximate surface area is 157 Å². The van der Waals surface area contributed by atoms with E-state index >= 15 is 0 Å². The fourth-order valence-electron chi connectivity index (χ4n) is 3.48. The van der Waals surface area contributed by atoms with Crippen molar-refractivity contribution in [3.8, 4) is 5.75 Å². The number of hydrogen-bond acceptors (Lipinski definition) is 4. The third kappa shape index (κ3) is 3.62. The molecule has 8 heteroatoms. The summed E-state index contributed by atoms with van der Waals surface area (Å²) in [5, 5.41) is 6.04. The highest BCUT2D eigenvalue weighted by molar-refractivity contribution is 6.30. The van der Waals surface area contributed by atoms with Gasteiger partial charge in [0.25, 0.3) is 5.91 Å². The molecular weight excluding hydrogens is 358 g/mol. The SMILES string of the molecule is CC(C(=O)NCCOc1cccc(Cl)c1)N1C(=O)NC2(CCCC2)C1=O. The average Bonchev–Trinajstić information content (AvgIpc) is 3.17. The van der Waals surface area contributed by atoms with Gasteiger partial charge >= 0.3 is 6.03 Å². The van der Waals surface area contributed by atoms with Crippen LogP contribution in [0.4, 0.5) is 4.79 Å². The highest BCUT2D eigenvalue weighted by Gasteiger charge is 2.54. The first kappa shape index (κ1) is 18.5. The molecule has 0 radical (unpaired) electrons. The van der Waals surface area contributed by atoms with Gasteiger partial charge < -0.3 is 15.4 Å². The number of urea groups is 1. The molecule has 1 spiro atoms. The minimum absolute atomic E-state index is 0.253. The highest BCUT2D eigenvalue weighted by atomic mass is 35.5. The number of amides is 4. The van der Waals surface area contributed by atoms with Crippen LogP contribution in [0.25, 0.3) is 0 Å². The summed E-state index contributed by atoms with van der Waals surface area (Å²) in [5.41, 5.74) is -0.804. The number of carbonyl (C=O) groups is 3. The van der Waals surface area contributed by atoms with E-state index in [0.29, 0.717) is 23.6 Å². The third-order valence-electron chi connectivity index (χ3n) is 4.88. The number of halogens is 1. The zero-order valence-electron chi connectivity index (χ0n) is 14.6. The molecule has 140 valence electrons. The van der Waals surface area contributed by atoms with Crippen LogP contribution in [0.15, 0.2) is 24.3 Å². The Morgan fingerprint density at radius 2 is 2.12 bits per heavy atom. The van der Waals surface area contributed by atoms with Crippen LogP contribution in [0.1, 0.15) is 32.6 Å². The molecule has 1 atom stereocenters. The van der Waals surface area contributed by atoms with Crippen LogP contribution in [0.3, 0.4) is 0 Å². The first-order valence-corrected chi connectivity index (χ1v) is 9.13. The number of hydrogen-bond donors (Lipinski definition) is 2. The molecule has 0 bridgehead atoms. The summed E-state index contributed by atoms with van der Waals surface area (Å²) >= 11 is 5.88. The zero-order valence-corrected chi connectivity index (χ0v) is 15.3. The maximum atomic E-state index is 12.7. The fourth-order valence-corrected chi connectivity index (χ4v) is 3.66. The predicted molar refractivity (Wildman–Crippen MR) is 96.0 cm³/mol. The van der Waals surface area contributed by atoms with Crippen molar-refractivity contribution in [2.24, 2.45) is 0 Å². The zero-order chi connectivity index (χ0) is 18.7. The minimum Gasteiger partial charge on any atom is -0.492 e. The van der Waals surface area contributed by atoms with Crippen LogP contribution < -0.4 is 15.4 Å². The van der Waals surface area contributed by atoms with Gasteiger partial charge in [-0.3, -0.25) is 9.59 Å².